The summed E-state index contributed by atoms with van der Waals surface area (Å²) in [7, 11) is 1.66. The highest BCUT2D eigenvalue weighted by Gasteiger charge is 2.54. The van der Waals surface area contributed by atoms with E-state index in [2.05, 4.69) is 20.8 Å². The fourth-order valence-corrected chi connectivity index (χ4v) is 3.49. The third-order valence-electron chi connectivity index (χ3n) is 4.92. The molecule has 0 aromatic heterocycles. The highest BCUT2D eigenvalue weighted by Crippen LogP contribution is 2.52. The summed E-state index contributed by atoms with van der Waals surface area (Å²) in [4.78, 5) is 0. The van der Waals surface area contributed by atoms with Crippen LogP contribution in [-0.2, 0) is 4.74 Å². The van der Waals surface area contributed by atoms with Crippen molar-refractivity contribution >= 4 is 0 Å². The van der Waals surface area contributed by atoms with Crippen molar-refractivity contribution in [2.75, 3.05) is 20.3 Å². The molecule has 3 heteroatoms. The maximum absolute atomic E-state index is 11.0. The SMILES string of the molecule is CCC1CCC(CN)(C(O)(COC)C(C)C)C1. The maximum atomic E-state index is 11.0. The van der Waals surface area contributed by atoms with E-state index in [-0.39, 0.29) is 11.3 Å². The topological polar surface area (TPSA) is 55.5 Å². The summed E-state index contributed by atoms with van der Waals surface area (Å²) in [5.74, 6) is 0.877. The molecule has 0 aromatic rings. The molecule has 1 rings (SSSR count). The fourth-order valence-electron chi connectivity index (χ4n) is 3.49. The van der Waals surface area contributed by atoms with Crippen molar-refractivity contribution in [3.05, 3.63) is 0 Å². The minimum atomic E-state index is -0.791. The molecular formula is C14H29NO2. The van der Waals surface area contributed by atoms with Crippen LogP contribution in [0, 0.1) is 17.3 Å². The van der Waals surface area contributed by atoms with Crippen LogP contribution in [0.3, 0.4) is 0 Å². The molecule has 1 aliphatic rings. The van der Waals surface area contributed by atoms with Crippen LogP contribution in [0.15, 0.2) is 0 Å². The van der Waals surface area contributed by atoms with Gasteiger partial charge >= 0.3 is 0 Å². The van der Waals surface area contributed by atoms with E-state index >= 15 is 0 Å². The lowest BCUT2D eigenvalue weighted by atomic mass is 9.65. The number of methoxy groups -OCH3 is 1. The first-order valence-electron chi connectivity index (χ1n) is 6.87. The van der Waals surface area contributed by atoms with E-state index < -0.39 is 5.60 Å². The lowest BCUT2D eigenvalue weighted by Gasteiger charge is -2.47. The molecule has 3 N–H and O–H groups in total. The van der Waals surface area contributed by atoms with Gasteiger partial charge in [0, 0.05) is 19.1 Å². The monoisotopic (exact) mass is 243 g/mol. The van der Waals surface area contributed by atoms with E-state index in [0.717, 1.165) is 12.8 Å². The van der Waals surface area contributed by atoms with Gasteiger partial charge in [-0.05, 0) is 31.1 Å². The smallest absolute Gasteiger partial charge is 0.0970 e. The molecule has 102 valence electrons. The summed E-state index contributed by atoms with van der Waals surface area (Å²) in [6.07, 6.45) is 4.44. The zero-order valence-electron chi connectivity index (χ0n) is 11.8. The zero-order valence-corrected chi connectivity index (χ0v) is 11.8. The van der Waals surface area contributed by atoms with E-state index in [1.54, 1.807) is 7.11 Å². The van der Waals surface area contributed by atoms with E-state index in [4.69, 9.17) is 10.5 Å². The van der Waals surface area contributed by atoms with Crippen LogP contribution in [0.1, 0.15) is 46.5 Å². The van der Waals surface area contributed by atoms with E-state index in [9.17, 15) is 5.11 Å². The largest absolute Gasteiger partial charge is 0.387 e. The standard InChI is InChI=1S/C14H29NO2/c1-5-12-6-7-13(8-12,9-15)14(16,10-17-4)11(2)3/h11-12,16H,5-10,15H2,1-4H3. The Morgan fingerprint density at radius 3 is 2.53 bits per heavy atom. The summed E-state index contributed by atoms with van der Waals surface area (Å²) in [5, 5.41) is 11.0. The zero-order chi connectivity index (χ0) is 13.1. The van der Waals surface area contributed by atoms with Gasteiger partial charge in [-0.25, -0.2) is 0 Å². The Morgan fingerprint density at radius 1 is 1.53 bits per heavy atom. The molecule has 3 nitrogen and oxygen atoms in total. The number of aliphatic hydroxyl groups is 1. The van der Waals surface area contributed by atoms with Crippen molar-refractivity contribution < 1.29 is 9.84 Å². The lowest BCUT2D eigenvalue weighted by Crippen LogP contribution is -2.57. The van der Waals surface area contributed by atoms with Crippen LogP contribution in [0.4, 0.5) is 0 Å². The second-order valence-electron chi connectivity index (χ2n) is 6.01. The van der Waals surface area contributed by atoms with Crippen molar-refractivity contribution in [1.82, 2.24) is 0 Å². The van der Waals surface area contributed by atoms with Crippen molar-refractivity contribution in [3.8, 4) is 0 Å². The Morgan fingerprint density at radius 2 is 2.18 bits per heavy atom. The average molecular weight is 243 g/mol. The van der Waals surface area contributed by atoms with Gasteiger partial charge in [0.2, 0.25) is 0 Å². The molecule has 0 radical (unpaired) electrons. The molecular weight excluding hydrogens is 214 g/mol. The van der Waals surface area contributed by atoms with Crippen LogP contribution in [0.5, 0.6) is 0 Å². The van der Waals surface area contributed by atoms with Gasteiger partial charge in [-0.15, -0.1) is 0 Å². The number of rotatable bonds is 6. The van der Waals surface area contributed by atoms with E-state index in [0.29, 0.717) is 19.1 Å². The predicted octanol–water partition coefficient (Wildman–Crippen LogP) is 2.18. The number of ether oxygens (including phenoxy) is 1. The minimum absolute atomic E-state index is 0.155. The van der Waals surface area contributed by atoms with Crippen molar-refractivity contribution in [3.63, 3.8) is 0 Å². The molecule has 0 heterocycles. The van der Waals surface area contributed by atoms with Gasteiger partial charge in [0.05, 0.1) is 12.2 Å². The minimum Gasteiger partial charge on any atom is -0.387 e. The van der Waals surface area contributed by atoms with Gasteiger partial charge < -0.3 is 15.6 Å². The van der Waals surface area contributed by atoms with Crippen LogP contribution in [0.2, 0.25) is 0 Å². The summed E-state index contributed by atoms with van der Waals surface area (Å²) >= 11 is 0. The Labute approximate surface area is 106 Å². The van der Waals surface area contributed by atoms with Gasteiger partial charge in [0.25, 0.3) is 0 Å². The molecule has 3 atom stereocenters. The molecule has 0 aromatic carbocycles. The highest BCUT2D eigenvalue weighted by molar-refractivity contribution is 5.05. The van der Waals surface area contributed by atoms with Gasteiger partial charge in [-0.1, -0.05) is 27.2 Å². The Kier molecular flexibility index (Phi) is 4.99. The van der Waals surface area contributed by atoms with Crippen molar-refractivity contribution in [2.45, 2.75) is 52.1 Å². The third kappa shape index (κ3) is 2.51. The maximum Gasteiger partial charge on any atom is 0.0970 e. The number of hydrogen-bond acceptors (Lipinski definition) is 3. The first kappa shape index (κ1) is 14.9. The quantitative estimate of drug-likeness (QED) is 0.752. The van der Waals surface area contributed by atoms with Crippen LogP contribution < -0.4 is 5.73 Å². The predicted molar refractivity (Wildman–Crippen MR) is 70.8 cm³/mol. The van der Waals surface area contributed by atoms with E-state index in [1.165, 1.54) is 12.8 Å². The molecule has 1 aliphatic carbocycles. The number of hydrogen-bond donors (Lipinski definition) is 2. The Balaban J connectivity index is 2.97. The first-order valence-corrected chi connectivity index (χ1v) is 6.87. The van der Waals surface area contributed by atoms with Crippen LogP contribution in [-0.4, -0.2) is 31.0 Å². The second-order valence-corrected chi connectivity index (χ2v) is 6.01. The third-order valence-corrected chi connectivity index (χ3v) is 4.92. The summed E-state index contributed by atoms with van der Waals surface area (Å²) in [6.45, 7) is 7.30. The Hall–Kier alpha value is -0.120. The van der Waals surface area contributed by atoms with Crippen molar-refractivity contribution in [1.29, 1.82) is 0 Å². The molecule has 0 aliphatic heterocycles. The Bertz CT molecular complexity index is 244. The molecule has 0 saturated heterocycles. The molecule has 0 spiro atoms. The highest BCUT2D eigenvalue weighted by atomic mass is 16.5. The average Bonchev–Trinajstić information content (AvgIpc) is 2.74. The molecule has 1 saturated carbocycles. The summed E-state index contributed by atoms with van der Waals surface area (Å²) in [5.41, 5.74) is 5.08. The molecule has 0 amide bonds. The fraction of sp³-hybridized carbons (Fsp3) is 1.00. The first-order chi connectivity index (χ1) is 7.95. The van der Waals surface area contributed by atoms with Crippen molar-refractivity contribution in [2.24, 2.45) is 23.0 Å². The van der Waals surface area contributed by atoms with Crippen LogP contribution in [0.25, 0.3) is 0 Å². The molecule has 1 fully saturated rings. The molecule has 0 bridgehead atoms. The van der Waals surface area contributed by atoms with Gasteiger partial charge in [0.15, 0.2) is 0 Å². The van der Waals surface area contributed by atoms with E-state index in [1.807, 2.05) is 0 Å². The number of nitrogens with two attached hydrogens (primary N) is 1. The van der Waals surface area contributed by atoms with Gasteiger partial charge in [-0.3, -0.25) is 0 Å². The summed E-state index contributed by atoms with van der Waals surface area (Å²) < 4.78 is 5.27. The normalized spacial score (nSPS) is 33.0. The summed E-state index contributed by atoms with van der Waals surface area (Å²) in [6, 6.07) is 0. The molecule has 3 unspecified atom stereocenters. The molecule has 17 heavy (non-hydrogen) atoms. The van der Waals surface area contributed by atoms with Crippen LogP contribution >= 0.6 is 0 Å². The van der Waals surface area contributed by atoms with Gasteiger partial charge in [-0.2, -0.15) is 0 Å². The second kappa shape index (κ2) is 5.68. The lowest BCUT2D eigenvalue weighted by molar-refractivity contribution is -0.150. The van der Waals surface area contributed by atoms with Gasteiger partial charge in [0.1, 0.15) is 0 Å².